The Labute approximate surface area is 123 Å². The molecular formula is C15H18N2O4. The molecule has 2 fully saturated rings. The van der Waals surface area contributed by atoms with E-state index in [0.717, 1.165) is 5.56 Å². The van der Waals surface area contributed by atoms with Gasteiger partial charge in [0.25, 0.3) is 11.8 Å². The van der Waals surface area contributed by atoms with Crippen LogP contribution in [0.3, 0.4) is 0 Å². The summed E-state index contributed by atoms with van der Waals surface area (Å²) in [5.74, 6) is -0.426. The summed E-state index contributed by atoms with van der Waals surface area (Å²) in [6, 6.07) is 9.73. The first-order chi connectivity index (χ1) is 10.1. The van der Waals surface area contributed by atoms with Crippen LogP contribution in [0.2, 0.25) is 0 Å². The largest absolute Gasteiger partial charge is 0.346 e. The maximum Gasteiger partial charge on any atom is 0.255 e. The second-order valence-corrected chi connectivity index (χ2v) is 5.48. The Balaban J connectivity index is 1.74. The van der Waals surface area contributed by atoms with Crippen LogP contribution in [0.25, 0.3) is 0 Å². The van der Waals surface area contributed by atoms with Gasteiger partial charge >= 0.3 is 0 Å². The molecular weight excluding hydrogens is 272 g/mol. The van der Waals surface area contributed by atoms with E-state index in [9.17, 15) is 9.59 Å². The summed E-state index contributed by atoms with van der Waals surface area (Å²) in [5.41, 5.74) is 1.04. The van der Waals surface area contributed by atoms with Crippen LogP contribution in [0.15, 0.2) is 30.3 Å². The van der Waals surface area contributed by atoms with E-state index in [0.29, 0.717) is 13.1 Å². The number of fused-ring (bicyclic) bond motifs is 2. The average molecular weight is 290 g/mol. The molecule has 3 atom stereocenters. The molecule has 0 N–H and O–H groups in total. The highest BCUT2D eigenvalue weighted by atomic mass is 16.7. The van der Waals surface area contributed by atoms with Crippen molar-refractivity contribution < 1.29 is 19.1 Å². The van der Waals surface area contributed by atoms with Crippen molar-refractivity contribution in [2.24, 2.45) is 0 Å². The van der Waals surface area contributed by atoms with E-state index in [1.165, 1.54) is 4.90 Å². The van der Waals surface area contributed by atoms with E-state index in [-0.39, 0.29) is 11.8 Å². The summed E-state index contributed by atoms with van der Waals surface area (Å²) in [6.07, 6.45) is -2.19. The lowest BCUT2D eigenvalue weighted by molar-refractivity contribution is -0.162. The summed E-state index contributed by atoms with van der Waals surface area (Å²) < 4.78 is 11.1. The second kappa shape index (κ2) is 5.46. The van der Waals surface area contributed by atoms with Crippen molar-refractivity contribution in [2.75, 3.05) is 20.6 Å². The van der Waals surface area contributed by atoms with Crippen LogP contribution in [-0.2, 0) is 25.6 Å². The number of morpholine rings is 1. The zero-order valence-corrected chi connectivity index (χ0v) is 12.1. The highest BCUT2D eigenvalue weighted by Crippen LogP contribution is 2.28. The topological polar surface area (TPSA) is 59.1 Å². The van der Waals surface area contributed by atoms with E-state index in [2.05, 4.69) is 0 Å². The fraction of sp³-hybridized carbons (Fsp3) is 0.467. The molecule has 0 radical (unpaired) electrons. The molecule has 0 spiro atoms. The van der Waals surface area contributed by atoms with Gasteiger partial charge in [0.2, 0.25) is 0 Å². The highest BCUT2D eigenvalue weighted by Gasteiger charge is 2.51. The fourth-order valence-corrected chi connectivity index (χ4v) is 2.61. The van der Waals surface area contributed by atoms with Gasteiger partial charge in [-0.2, -0.15) is 0 Å². The van der Waals surface area contributed by atoms with E-state index in [1.54, 1.807) is 19.0 Å². The molecule has 0 unspecified atom stereocenters. The Bertz CT molecular complexity index is 546. The Morgan fingerprint density at radius 1 is 1.29 bits per heavy atom. The van der Waals surface area contributed by atoms with E-state index >= 15 is 0 Å². The van der Waals surface area contributed by atoms with Crippen molar-refractivity contribution in [3.63, 3.8) is 0 Å². The number of nitrogens with zero attached hydrogens (tertiary/aromatic N) is 2. The standard InChI is InChI=1S/C15H18N2O4/c1-16(2)14(18)12-13-15(19)17(9-11(20-12)21-13)8-10-6-4-3-5-7-10/h3-7,11-13H,8-9H2,1-2H3/t11-,12-,13-/m1/s1. The summed E-state index contributed by atoms with van der Waals surface area (Å²) in [4.78, 5) is 27.6. The SMILES string of the molecule is CN(C)C(=O)[C@@H]1O[C@H]2CN(Cc3ccccc3)C(=O)[C@@H]1O2. The number of hydrogen-bond acceptors (Lipinski definition) is 4. The molecule has 0 aliphatic carbocycles. The van der Waals surface area contributed by atoms with Crippen molar-refractivity contribution in [3.05, 3.63) is 35.9 Å². The molecule has 1 aromatic carbocycles. The number of hydrogen-bond donors (Lipinski definition) is 0. The molecule has 2 aliphatic heterocycles. The van der Waals surface area contributed by atoms with Crippen LogP contribution < -0.4 is 0 Å². The summed E-state index contributed by atoms with van der Waals surface area (Å²) in [7, 11) is 3.28. The Hall–Kier alpha value is -1.92. The minimum absolute atomic E-state index is 0.187. The minimum Gasteiger partial charge on any atom is -0.346 e. The van der Waals surface area contributed by atoms with Gasteiger partial charge < -0.3 is 19.3 Å². The molecule has 2 bridgehead atoms. The highest BCUT2D eigenvalue weighted by molar-refractivity contribution is 5.92. The minimum atomic E-state index is -0.835. The lowest BCUT2D eigenvalue weighted by Gasteiger charge is -2.30. The Morgan fingerprint density at radius 2 is 2.00 bits per heavy atom. The molecule has 21 heavy (non-hydrogen) atoms. The van der Waals surface area contributed by atoms with Crippen molar-refractivity contribution in [2.45, 2.75) is 25.0 Å². The Morgan fingerprint density at radius 3 is 2.67 bits per heavy atom. The summed E-state index contributed by atoms with van der Waals surface area (Å²) >= 11 is 0. The summed E-state index contributed by atoms with van der Waals surface area (Å²) in [6.45, 7) is 0.851. The molecule has 2 aliphatic rings. The van der Waals surface area contributed by atoms with Crippen LogP contribution in [0, 0.1) is 0 Å². The average Bonchev–Trinajstić information content (AvgIpc) is 2.84. The molecule has 1 aromatic rings. The van der Waals surface area contributed by atoms with E-state index in [1.807, 2.05) is 30.3 Å². The fourth-order valence-electron chi connectivity index (χ4n) is 2.61. The first kappa shape index (κ1) is 14.0. The third-order valence-corrected chi connectivity index (χ3v) is 3.70. The zero-order valence-electron chi connectivity index (χ0n) is 12.1. The van der Waals surface area contributed by atoms with Gasteiger partial charge in [0, 0.05) is 20.6 Å². The first-order valence-corrected chi connectivity index (χ1v) is 6.91. The lowest BCUT2D eigenvalue weighted by atomic mass is 10.1. The molecule has 6 heteroatoms. The van der Waals surface area contributed by atoms with Gasteiger partial charge in [-0.3, -0.25) is 9.59 Å². The zero-order chi connectivity index (χ0) is 15.0. The third-order valence-electron chi connectivity index (χ3n) is 3.70. The predicted molar refractivity (Wildman–Crippen MR) is 74.1 cm³/mol. The van der Waals surface area contributed by atoms with Gasteiger partial charge in [0.1, 0.15) is 0 Å². The van der Waals surface area contributed by atoms with Gasteiger partial charge in [-0.15, -0.1) is 0 Å². The molecule has 3 rings (SSSR count). The summed E-state index contributed by atoms with van der Waals surface area (Å²) in [5, 5.41) is 0. The predicted octanol–water partition coefficient (Wildman–Crippen LogP) is 0.227. The molecule has 6 nitrogen and oxygen atoms in total. The van der Waals surface area contributed by atoms with Crippen LogP contribution in [0.1, 0.15) is 5.56 Å². The van der Waals surface area contributed by atoms with E-state index < -0.39 is 18.5 Å². The van der Waals surface area contributed by atoms with Crippen LogP contribution in [-0.4, -0.2) is 60.8 Å². The molecule has 2 heterocycles. The van der Waals surface area contributed by atoms with Crippen molar-refractivity contribution in [3.8, 4) is 0 Å². The molecule has 112 valence electrons. The van der Waals surface area contributed by atoms with E-state index in [4.69, 9.17) is 9.47 Å². The number of benzene rings is 1. The first-order valence-electron chi connectivity index (χ1n) is 6.91. The smallest absolute Gasteiger partial charge is 0.255 e. The number of carbonyl (C=O) groups is 2. The number of amides is 2. The Kier molecular flexibility index (Phi) is 3.65. The number of likely N-dealkylation sites (N-methyl/N-ethyl adjacent to an activating group) is 1. The maximum atomic E-state index is 12.5. The van der Waals surface area contributed by atoms with Crippen molar-refractivity contribution in [1.82, 2.24) is 9.80 Å². The normalized spacial score (nSPS) is 27.8. The molecule has 2 saturated heterocycles. The number of rotatable bonds is 3. The quantitative estimate of drug-likeness (QED) is 0.799. The van der Waals surface area contributed by atoms with Gasteiger partial charge in [-0.05, 0) is 5.56 Å². The lowest BCUT2D eigenvalue weighted by Crippen LogP contribution is -2.51. The van der Waals surface area contributed by atoms with Gasteiger partial charge in [-0.1, -0.05) is 30.3 Å². The maximum absolute atomic E-state index is 12.5. The van der Waals surface area contributed by atoms with Gasteiger partial charge in [0.15, 0.2) is 18.5 Å². The monoisotopic (exact) mass is 290 g/mol. The molecule has 2 amide bonds. The number of carbonyl (C=O) groups excluding carboxylic acids is 2. The molecule has 0 saturated carbocycles. The van der Waals surface area contributed by atoms with Crippen molar-refractivity contribution >= 4 is 11.8 Å². The third kappa shape index (κ3) is 2.64. The van der Waals surface area contributed by atoms with Crippen LogP contribution in [0.4, 0.5) is 0 Å². The van der Waals surface area contributed by atoms with Crippen LogP contribution >= 0.6 is 0 Å². The van der Waals surface area contributed by atoms with Crippen molar-refractivity contribution in [1.29, 1.82) is 0 Å². The van der Waals surface area contributed by atoms with Crippen LogP contribution in [0.5, 0.6) is 0 Å². The van der Waals surface area contributed by atoms with Gasteiger partial charge in [0.05, 0.1) is 6.54 Å². The number of ether oxygens (including phenoxy) is 2. The van der Waals surface area contributed by atoms with Gasteiger partial charge in [-0.25, -0.2) is 0 Å². The molecule has 0 aromatic heterocycles. The second-order valence-electron chi connectivity index (χ2n) is 5.48.